The smallest absolute Gasteiger partial charge is 0.283 e. The summed E-state index contributed by atoms with van der Waals surface area (Å²) in [5, 5.41) is 2.93. The van der Waals surface area contributed by atoms with Gasteiger partial charge in [-0.3, -0.25) is 14.5 Å². The number of thioether (sulfide) groups is 1. The van der Waals surface area contributed by atoms with E-state index in [-0.39, 0.29) is 24.3 Å². The number of carbonyl (C=O) groups is 2. The van der Waals surface area contributed by atoms with Crippen molar-refractivity contribution in [3.63, 3.8) is 0 Å². The van der Waals surface area contributed by atoms with Gasteiger partial charge in [0.15, 0.2) is 16.7 Å². The number of amidine groups is 1. The highest BCUT2D eigenvalue weighted by atomic mass is 32.2. The third-order valence-electron chi connectivity index (χ3n) is 5.88. The number of nitrogens with one attached hydrogen (secondary N) is 1. The first-order valence-corrected chi connectivity index (χ1v) is 12.4. The maximum absolute atomic E-state index is 13.5. The van der Waals surface area contributed by atoms with Crippen molar-refractivity contribution < 1.29 is 19.1 Å². The van der Waals surface area contributed by atoms with E-state index in [9.17, 15) is 9.59 Å². The number of amides is 2. The third-order valence-corrected chi connectivity index (χ3v) is 6.93. The van der Waals surface area contributed by atoms with Crippen molar-refractivity contribution in [3.05, 3.63) is 89.1 Å². The van der Waals surface area contributed by atoms with E-state index in [4.69, 9.17) is 9.47 Å². The molecular formula is C28H25N3O4S. The van der Waals surface area contributed by atoms with Crippen molar-refractivity contribution in [1.82, 2.24) is 0 Å². The van der Waals surface area contributed by atoms with Gasteiger partial charge in [0.2, 0.25) is 12.7 Å². The molecule has 2 aliphatic heterocycles. The Morgan fingerprint density at radius 3 is 2.58 bits per heavy atom. The SMILES string of the molecule is Cc1ccc(N2C(=O)/C(=C/c3ccc4c(c3)OCO4)N=C2SC(C)C(=O)Nc2ccccc2C)cc1. The van der Waals surface area contributed by atoms with Crippen molar-refractivity contribution >= 4 is 46.2 Å². The minimum atomic E-state index is -0.492. The molecule has 8 heteroatoms. The Balaban J connectivity index is 1.43. The second kappa shape index (κ2) is 9.91. The van der Waals surface area contributed by atoms with Gasteiger partial charge in [-0.1, -0.05) is 53.7 Å². The monoisotopic (exact) mass is 499 g/mol. The van der Waals surface area contributed by atoms with Crippen molar-refractivity contribution in [1.29, 1.82) is 0 Å². The van der Waals surface area contributed by atoms with Gasteiger partial charge in [0, 0.05) is 5.69 Å². The molecule has 0 aromatic heterocycles. The maximum atomic E-state index is 13.5. The number of anilines is 2. The highest BCUT2D eigenvalue weighted by molar-refractivity contribution is 8.15. The van der Waals surface area contributed by atoms with Crippen LogP contribution in [0.25, 0.3) is 6.08 Å². The van der Waals surface area contributed by atoms with Crippen LogP contribution in [0.15, 0.2) is 77.4 Å². The normalized spacial score (nSPS) is 16.3. The number of hydrogen-bond donors (Lipinski definition) is 1. The molecule has 5 rings (SSSR count). The van der Waals surface area contributed by atoms with Crippen molar-refractivity contribution in [3.8, 4) is 11.5 Å². The average molecular weight is 500 g/mol. The topological polar surface area (TPSA) is 80.2 Å². The van der Waals surface area contributed by atoms with Crippen molar-refractivity contribution in [2.45, 2.75) is 26.0 Å². The number of nitrogens with zero attached hydrogens (tertiary/aromatic N) is 2. The Morgan fingerprint density at radius 1 is 1.06 bits per heavy atom. The summed E-state index contributed by atoms with van der Waals surface area (Å²) in [5.41, 5.74) is 4.57. The Labute approximate surface area is 213 Å². The summed E-state index contributed by atoms with van der Waals surface area (Å²) in [4.78, 5) is 32.7. The highest BCUT2D eigenvalue weighted by Crippen LogP contribution is 2.35. The molecule has 1 unspecified atom stereocenters. The number of benzene rings is 3. The van der Waals surface area contributed by atoms with Gasteiger partial charge < -0.3 is 14.8 Å². The summed E-state index contributed by atoms with van der Waals surface area (Å²) in [6.07, 6.45) is 1.72. The average Bonchev–Trinajstić information content (AvgIpc) is 3.45. The van der Waals surface area contributed by atoms with Gasteiger partial charge >= 0.3 is 0 Å². The van der Waals surface area contributed by atoms with Gasteiger partial charge in [0.25, 0.3) is 5.91 Å². The summed E-state index contributed by atoms with van der Waals surface area (Å²) < 4.78 is 10.8. The number of carbonyl (C=O) groups excluding carboxylic acids is 2. The van der Waals surface area contributed by atoms with Crippen LogP contribution in [0, 0.1) is 13.8 Å². The molecule has 7 nitrogen and oxygen atoms in total. The van der Waals surface area contributed by atoms with Crippen LogP contribution in [-0.4, -0.2) is 29.0 Å². The van der Waals surface area contributed by atoms with Gasteiger partial charge in [-0.15, -0.1) is 0 Å². The Kier molecular flexibility index (Phi) is 6.52. The van der Waals surface area contributed by atoms with E-state index in [2.05, 4.69) is 10.3 Å². The van der Waals surface area contributed by atoms with Gasteiger partial charge in [0.1, 0.15) is 5.70 Å². The van der Waals surface area contributed by atoms with E-state index in [1.54, 1.807) is 17.9 Å². The zero-order chi connectivity index (χ0) is 25.2. The number of aryl methyl sites for hydroxylation is 2. The van der Waals surface area contributed by atoms with E-state index in [1.165, 1.54) is 11.8 Å². The van der Waals surface area contributed by atoms with Gasteiger partial charge in [-0.05, 0) is 68.3 Å². The van der Waals surface area contributed by atoms with Crippen LogP contribution < -0.4 is 19.7 Å². The largest absolute Gasteiger partial charge is 0.454 e. The minimum Gasteiger partial charge on any atom is -0.454 e. The van der Waals surface area contributed by atoms with Gasteiger partial charge in [-0.25, -0.2) is 4.99 Å². The van der Waals surface area contributed by atoms with Gasteiger partial charge in [-0.2, -0.15) is 0 Å². The number of ether oxygens (including phenoxy) is 2. The fourth-order valence-electron chi connectivity index (χ4n) is 3.82. The molecule has 1 N–H and O–H groups in total. The number of rotatable bonds is 5. The molecule has 36 heavy (non-hydrogen) atoms. The molecule has 2 amide bonds. The molecule has 3 aromatic carbocycles. The molecule has 0 radical (unpaired) electrons. The Hall–Kier alpha value is -4.04. The Morgan fingerprint density at radius 2 is 1.81 bits per heavy atom. The van der Waals surface area contributed by atoms with E-state index in [0.717, 1.165) is 22.4 Å². The predicted molar refractivity (Wildman–Crippen MR) is 144 cm³/mol. The van der Waals surface area contributed by atoms with Crippen LogP contribution >= 0.6 is 11.8 Å². The molecule has 1 atom stereocenters. The summed E-state index contributed by atoms with van der Waals surface area (Å²) >= 11 is 1.24. The summed E-state index contributed by atoms with van der Waals surface area (Å²) in [7, 11) is 0. The molecule has 0 bridgehead atoms. The minimum absolute atomic E-state index is 0.165. The van der Waals surface area contributed by atoms with Crippen LogP contribution in [0.5, 0.6) is 11.5 Å². The lowest BCUT2D eigenvalue weighted by molar-refractivity contribution is -0.115. The van der Waals surface area contributed by atoms with E-state index >= 15 is 0 Å². The van der Waals surface area contributed by atoms with Crippen molar-refractivity contribution in [2.24, 2.45) is 4.99 Å². The van der Waals surface area contributed by atoms with Gasteiger partial charge in [0.05, 0.1) is 10.9 Å². The fraction of sp³-hybridized carbons (Fsp3) is 0.179. The summed E-state index contributed by atoms with van der Waals surface area (Å²) in [6.45, 7) is 5.91. The van der Waals surface area contributed by atoms with Crippen molar-refractivity contribution in [2.75, 3.05) is 17.0 Å². The lowest BCUT2D eigenvalue weighted by Gasteiger charge is -2.20. The first-order chi connectivity index (χ1) is 17.4. The molecule has 0 saturated carbocycles. The second-order valence-corrected chi connectivity index (χ2v) is 9.88. The molecule has 0 fully saturated rings. The zero-order valence-corrected chi connectivity index (χ0v) is 21.0. The number of fused-ring (bicyclic) bond motifs is 1. The van der Waals surface area contributed by atoms with Crippen LogP contribution in [0.2, 0.25) is 0 Å². The second-order valence-electron chi connectivity index (χ2n) is 8.58. The summed E-state index contributed by atoms with van der Waals surface area (Å²) in [6, 6.07) is 20.7. The zero-order valence-electron chi connectivity index (χ0n) is 20.1. The Bertz CT molecular complexity index is 1400. The first kappa shape index (κ1) is 23.7. The maximum Gasteiger partial charge on any atom is 0.283 e. The van der Waals surface area contributed by atoms with E-state index < -0.39 is 5.25 Å². The standard InChI is InChI=1S/C28H25N3O4S/c1-17-8-11-21(12-9-17)31-27(33)23(14-20-10-13-24-25(15-20)35-16-34-24)30-28(31)36-19(3)26(32)29-22-7-5-4-6-18(22)2/h4-15,19H,16H2,1-3H3,(H,29,32)/b23-14-. The quantitative estimate of drug-likeness (QED) is 0.467. The lowest BCUT2D eigenvalue weighted by atomic mass is 10.1. The molecule has 0 spiro atoms. The van der Waals surface area contributed by atoms with Crippen LogP contribution in [0.3, 0.4) is 0 Å². The van der Waals surface area contributed by atoms with E-state index in [0.29, 0.717) is 22.4 Å². The number of hydrogen-bond acceptors (Lipinski definition) is 6. The van der Waals surface area contributed by atoms with Crippen LogP contribution in [-0.2, 0) is 9.59 Å². The lowest BCUT2D eigenvalue weighted by Crippen LogP contribution is -2.33. The molecule has 0 aliphatic carbocycles. The predicted octanol–water partition coefficient (Wildman–Crippen LogP) is 5.54. The summed E-state index contributed by atoms with van der Waals surface area (Å²) in [5.74, 6) is 0.877. The fourth-order valence-corrected chi connectivity index (χ4v) is 4.74. The highest BCUT2D eigenvalue weighted by Gasteiger charge is 2.34. The molecule has 3 aromatic rings. The van der Waals surface area contributed by atoms with E-state index in [1.807, 2.05) is 80.6 Å². The molecule has 2 heterocycles. The van der Waals surface area contributed by atoms with Crippen LogP contribution in [0.4, 0.5) is 11.4 Å². The third kappa shape index (κ3) is 4.85. The van der Waals surface area contributed by atoms with Crippen LogP contribution in [0.1, 0.15) is 23.6 Å². The number of para-hydroxylation sites is 1. The molecule has 2 aliphatic rings. The molecule has 182 valence electrons. The number of aliphatic imine (C=N–C) groups is 1. The molecule has 0 saturated heterocycles. The first-order valence-electron chi connectivity index (χ1n) is 11.5. The molecular weight excluding hydrogens is 474 g/mol.